The highest BCUT2D eigenvalue weighted by molar-refractivity contribution is 7.88. The van der Waals surface area contributed by atoms with Crippen molar-refractivity contribution in [2.24, 2.45) is 0 Å². The molecule has 7 N–H and O–H groups in total. The minimum atomic E-state index is -3.16. The van der Waals surface area contributed by atoms with E-state index in [0.29, 0.717) is 83.9 Å². The van der Waals surface area contributed by atoms with Crippen molar-refractivity contribution in [3.8, 4) is 11.5 Å². The molecule has 2 aliphatic heterocycles. The van der Waals surface area contributed by atoms with E-state index in [1.165, 1.54) is 38.8 Å². The lowest BCUT2D eigenvalue weighted by Gasteiger charge is -2.30. The summed E-state index contributed by atoms with van der Waals surface area (Å²) < 4.78 is 60.5. The van der Waals surface area contributed by atoms with E-state index in [1.54, 1.807) is 50.9 Å². The van der Waals surface area contributed by atoms with E-state index < -0.39 is 20.0 Å². The van der Waals surface area contributed by atoms with E-state index in [9.17, 15) is 26.4 Å². The molecule has 0 aliphatic carbocycles. The van der Waals surface area contributed by atoms with Crippen molar-refractivity contribution >= 4 is 95.2 Å². The molecule has 4 heterocycles. The molecular formula is C54H65ClN12O8S2. The standard InChI is InChI=1S/C27H32N6O4S.C14H13ClN4O.C13H20N2O3S/c1-5-25(34)29-21-7-6-8-22(16-21)30-26-18(2)17-28-27(32-26)31-23-10-9-20(15-24(23)37-3)19-11-13-33(14-12-19)38(4,35)36;1-3-12(20)17-10-5-4-6-11(7-10)18-13-9(2)8-16-14(15)19-13;1-18-13-9-11(3-4-12(13)14)10-5-7-15(8-6-10)19(2,16)17/h5-10,15-17,19H,1,11-14H2,2-4H3,(H,29,34)(H2,28,30,31,32);3-8H,1H2,2H3,(H,17,20)(H,16,18,19);3-4,9-10H,5-8,14H2,1-2H3. The Morgan fingerprint density at radius 3 is 1.55 bits per heavy atom. The smallest absolute Gasteiger partial charge is 0.247 e. The molecule has 8 rings (SSSR count). The zero-order valence-corrected chi connectivity index (χ0v) is 46.2. The maximum Gasteiger partial charge on any atom is 0.247 e. The van der Waals surface area contributed by atoms with Crippen molar-refractivity contribution in [2.75, 3.05) is 85.2 Å². The predicted molar refractivity (Wildman–Crippen MR) is 306 cm³/mol. The average molecular weight is 1110 g/mol. The minimum Gasteiger partial charge on any atom is -0.495 e. The Morgan fingerprint density at radius 2 is 1.08 bits per heavy atom. The number of aromatic nitrogens is 4. The van der Waals surface area contributed by atoms with Crippen molar-refractivity contribution in [2.45, 2.75) is 51.4 Å². The first-order chi connectivity index (χ1) is 36.6. The van der Waals surface area contributed by atoms with E-state index in [2.05, 4.69) is 59.7 Å². The zero-order chi connectivity index (χ0) is 55.9. The summed E-state index contributed by atoms with van der Waals surface area (Å²) in [6.45, 7) is 12.9. The summed E-state index contributed by atoms with van der Waals surface area (Å²) in [7, 11) is -3.02. The van der Waals surface area contributed by atoms with E-state index >= 15 is 0 Å². The number of hydrogen-bond acceptors (Lipinski definition) is 16. The number of carbonyl (C=O) groups excluding carboxylic acids is 2. The van der Waals surface area contributed by atoms with Gasteiger partial charge in [-0.3, -0.25) is 9.59 Å². The summed E-state index contributed by atoms with van der Waals surface area (Å²) >= 11 is 5.77. The number of amides is 2. The lowest BCUT2D eigenvalue weighted by atomic mass is 9.90. The molecule has 0 atom stereocenters. The van der Waals surface area contributed by atoms with Crippen LogP contribution in [0.5, 0.6) is 11.5 Å². The van der Waals surface area contributed by atoms with Gasteiger partial charge in [0.25, 0.3) is 0 Å². The maximum atomic E-state index is 11.8. The van der Waals surface area contributed by atoms with Crippen molar-refractivity contribution in [1.82, 2.24) is 28.5 Å². The first kappa shape index (κ1) is 58.6. The van der Waals surface area contributed by atoms with Crippen LogP contribution < -0.4 is 41.8 Å². The lowest BCUT2D eigenvalue weighted by molar-refractivity contribution is -0.112. The van der Waals surface area contributed by atoms with Gasteiger partial charge in [-0.25, -0.2) is 40.4 Å². The molecule has 2 amide bonds. The number of hydrogen-bond donors (Lipinski definition) is 6. The van der Waals surface area contributed by atoms with Crippen molar-refractivity contribution in [3.05, 3.63) is 150 Å². The monoisotopic (exact) mass is 1110 g/mol. The van der Waals surface area contributed by atoms with Gasteiger partial charge in [0, 0.05) is 72.4 Å². The number of aryl methyl sites for hydroxylation is 2. The molecule has 0 saturated carbocycles. The van der Waals surface area contributed by atoms with Gasteiger partial charge in [-0.15, -0.1) is 0 Å². The highest BCUT2D eigenvalue weighted by Crippen LogP contribution is 2.36. The molecule has 0 bridgehead atoms. The van der Waals surface area contributed by atoms with Crippen molar-refractivity contribution in [1.29, 1.82) is 0 Å². The van der Waals surface area contributed by atoms with Crippen LogP contribution in [-0.2, 0) is 29.6 Å². The number of rotatable bonds is 16. The molecule has 2 fully saturated rings. The minimum absolute atomic E-state index is 0.175. The third-order valence-corrected chi connectivity index (χ3v) is 15.4. The number of nitrogen functional groups attached to an aromatic ring is 1. The molecule has 20 nitrogen and oxygen atoms in total. The summed E-state index contributed by atoms with van der Waals surface area (Å²) in [5.74, 6) is 3.04. The van der Waals surface area contributed by atoms with E-state index in [4.69, 9.17) is 26.8 Å². The van der Waals surface area contributed by atoms with Crippen LogP contribution in [0.3, 0.4) is 0 Å². The normalized spacial score (nSPS) is 14.3. The van der Waals surface area contributed by atoms with Crippen molar-refractivity contribution in [3.63, 3.8) is 0 Å². The summed E-state index contributed by atoms with van der Waals surface area (Å²) in [4.78, 5) is 39.9. The Labute approximate surface area is 455 Å². The van der Waals surface area contributed by atoms with E-state index in [0.717, 1.165) is 53.7 Å². The fourth-order valence-electron chi connectivity index (χ4n) is 8.39. The molecular weight excluding hydrogens is 1040 g/mol. The largest absolute Gasteiger partial charge is 0.495 e. The Hall–Kier alpha value is -7.63. The number of ether oxygens (including phenoxy) is 2. The number of anilines is 9. The Morgan fingerprint density at radius 1 is 0.636 bits per heavy atom. The van der Waals surface area contributed by atoms with Crippen LogP contribution >= 0.6 is 11.6 Å². The first-order valence-corrected chi connectivity index (χ1v) is 28.5. The van der Waals surface area contributed by atoms with Crippen LogP contribution in [0.1, 0.15) is 59.8 Å². The highest BCUT2D eigenvalue weighted by Gasteiger charge is 2.28. The van der Waals surface area contributed by atoms with Gasteiger partial charge in [-0.1, -0.05) is 37.4 Å². The maximum absolute atomic E-state index is 11.8. The number of sulfonamides is 2. The van der Waals surface area contributed by atoms with Crippen LogP contribution in [0.2, 0.25) is 5.28 Å². The third kappa shape index (κ3) is 17.2. The predicted octanol–water partition coefficient (Wildman–Crippen LogP) is 9.27. The number of nitrogens with zero attached hydrogens (tertiary/aromatic N) is 6. The Bertz CT molecular complexity index is 3300. The molecule has 6 aromatic rings. The van der Waals surface area contributed by atoms with Crippen LogP contribution in [0, 0.1) is 13.8 Å². The number of nitrogens with two attached hydrogens (primary N) is 1. The molecule has 2 aromatic heterocycles. The van der Waals surface area contributed by atoms with Gasteiger partial charge < -0.3 is 41.8 Å². The van der Waals surface area contributed by atoms with Gasteiger partial charge in [-0.05, 0) is 147 Å². The topological polar surface area (TPSA) is 265 Å². The molecule has 77 heavy (non-hydrogen) atoms. The van der Waals surface area contributed by atoms with Crippen molar-refractivity contribution < 1.29 is 35.9 Å². The summed E-state index contributed by atoms with van der Waals surface area (Å²) in [6.07, 6.45) is 11.5. The molecule has 23 heteroatoms. The van der Waals surface area contributed by atoms with Crippen LogP contribution in [-0.4, -0.2) is 110 Å². The van der Waals surface area contributed by atoms with E-state index in [-0.39, 0.29) is 23.0 Å². The molecule has 0 unspecified atom stereocenters. The molecule has 408 valence electrons. The average Bonchev–Trinajstić information content (AvgIpc) is 3.41. The van der Waals surface area contributed by atoms with Gasteiger partial charge in [-0.2, -0.15) is 4.98 Å². The van der Waals surface area contributed by atoms with Gasteiger partial charge in [0.1, 0.15) is 23.1 Å². The van der Waals surface area contributed by atoms with Crippen LogP contribution in [0.25, 0.3) is 0 Å². The van der Waals surface area contributed by atoms with Crippen LogP contribution in [0.15, 0.2) is 123 Å². The zero-order valence-electron chi connectivity index (χ0n) is 43.8. The molecule has 2 saturated heterocycles. The second kappa shape index (κ2) is 26.9. The van der Waals surface area contributed by atoms with E-state index in [1.807, 2.05) is 74.5 Å². The Kier molecular flexibility index (Phi) is 20.5. The number of halogens is 1. The molecule has 4 aromatic carbocycles. The quantitative estimate of drug-likeness (QED) is 0.0299. The van der Waals surface area contributed by atoms with Gasteiger partial charge in [0.2, 0.25) is 43.1 Å². The van der Waals surface area contributed by atoms with Gasteiger partial charge in [0.05, 0.1) is 38.1 Å². The number of methoxy groups -OCH3 is 2. The second-order valence-electron chi connectivity index (χ2n) is 18.2. The Balaban J connectivity index is 0.000000207. The number of piperidine rings is 2. The fourth-order valence-corrected chi connectivity index (χ4v) is 10.3. The molecule has 0 radical (unpaired) electrons. The SMILES string of the molecule is C=CC(=O)Nc1cccc(Nc2nc(Cl)ncc2C)c1.C=CC(=O)Nc1cccc(Nc2nc(Nc3ccc(C4CCN(S(C)(=O)=O)CC4)cc3OC)ncc2C)c1.COc1cc(C2CCN(S(C)(=O)=O)CC2)ccc1N. The highest BCUT2D eigenvalue weighted by atomic mass is 35.5. The molecule has 0 spiro atoms. The first-order valence-electron chi connectivity index (χ1n) is 24.4. The van der Waals surface area contributed by atoms with Gasteiger partial charge in [0.15, 0.2) is 0 Å². The third-order valence-electron chi connectivity index (χ3n) is 12.6. The fraction of sp³-hybridized carbons (Fsp3) is 0.296. The molecule has 2 aliphatic rings. The second-order valence-corrected chi connectivity index (χ2v) is 22.5. The van der Waals surface area contributed by atoms with Gasteiger partial charge >= 0.3 is 0 Å². The van der Waals surface area contributed by atoms with Crippen LogP contribution in [0.4, 0.5) is 51.7 Å². The number of carbonyl (C=O) groups is 2. The lowest BCUT2D eigenvalue weighted by Crippen LogP contribution is -2.37. The number of benzene rings is 4. The summed E-state index contributed by atoms with van der Waals surface area (Å²) in [6, 6.07) is 26.3. The number of nitrogens with one attached hydrogen (secondary N) is 5. The summed E-state index contributed by atoms with van der Waals surface area (Å²) in [5.41, 5.74) is 14.0. The summed E-state index contributed by atoms with van der Waals surface area (Å²) in [5, 5.41) is 15.3.